The van der Waals surface area contributed by atoms with E-state index in [0.29, 0.717) is 6.54 Å². The lowest BCUT2D eigenvalue weighted by molar-refractivity contribution is -0.385. The molecule has 0 aromatic heterocycles. The quantitative estimate of drug-likeness (QED) is 0.473. The summed E-state index contributed by atoms with van der Waals surface area (Å²) in [6.07, 6.45) is 0. The molecule has 7 heteroatoms. The number of nitrogens with zero attached hydrogens (tertiary/aromatic N) is 2. The summed E-state index contributed by atoms with van der Waals surface area (Å²) in [6, 6.07) is 4.23. The lowest BCUT2D eigenvalue weighted by Gasteiger charge is -2.19. The van der Waals surface area contributed by atoms with Crippen LogP contribution in [0.5, 0.6) is 5.75 Å². The van der Waals surface area contributed by atoms with Gasteiger partial charge in [-0.05, 0) is 13.0 Å². The molecular formula is C12H15ClN2O4. The van der Waals surface area contributed by atoms with E-state index in [0.717, 1.165) is 0 Å². The number of ether oxygens (including phenoxy) is 1. The molecule has 0 spiro atoms. The lowest BCUT2D eigenvalue weighted by atomic mass is 10.1. The van der Waals surface area contributed by atoms with Crippen LogP contribution in [-0.4, -0.2) is 41.8 Å². The van der Waals surface area contributed by atoms with Gasteiger partial charge in [-0.3, -0.25) is 14.9 Å². The van der Waals surface area contributed by atoms with Crippen molar-refractivity contribution in [2.45, 2.75) is 12.3 Å². The van der Waals surface area contributed by atoms with Gasteiger partial charge >= 0.3 is 5.69 Å². The third-order valence-corrected chi connectivity index (χ3v) is 2.64. The van der Waals surface area contributed by atoms with Crippen LogP contribution in [0.4, 0.5) is 5.69 Å². The fraction of sp³-hybridized carbons (Fsp3) is 0.417. The molecule has 0 heterocycles. The van der Waals surface area contributed by atoms with Crippen molar-refractivity contribution in [3.8, 4) is 5.75 Å². The van der Waals surface area contributed by atoms with Gasteiger partial charge in [-0.25, -0.2) is 0 Å². The van der Waals surface area contributed by atoms with Crippen molar-refractivity contribution in [3.05, 3.63) is 33.9 Å². The summed E-state index contributed by atoms with van der Waals surface area (Å²) in [4.78, 5) is 23.9. The number of carbonyl (C=O) groups excluding carboxylic acids is 1. The SMILES string of the molecule is COc1c(C(=O)N(C)CC(C)Cl)cccc1[N+](=O)[O-]. The Bertz CT molecular complexity index is 491. The number of para-hydroxylation sites is 1. The van der Waals surface area contributed by atoms with Crippen LogP contribution in [-0.2, 0) is 0 Å². The van der Waals surface area contributed by atoms with Crippen molar-refractivity contribution in [2.24, 2.45) is 0 Å². The number of methoxy groups -OCH3 is 1. The molecule has 1 rings (SSSR count). The Morgan fingerprint density at radius 3 is 2.68 bits per heavy atom. The summed E-state index contributed by atoms with van der Waals surface area (Å²) >= 11 is 5.83. The van der Waals surface area contributed by atoms with E-state index < -0.39 is 4.92 Å². The first kappa shape index (κ1) is 15.2. The average molecular weight is 287 g/mol. The van der Waals surface area contributed by atoms with Crippen molar-refractivity contribution < 1.29 is 14.5 Å². The molecule has 0 aliphatic carbocycles. The number of nitro groups is 1. The van der Waals surface area contributed by atoms with Crippen LogP contribution < -0.4 is 4.74 Å². The number of hydrogen-bond donors (Lipinski definition) is 0. The van der Waals surface area contributed by atoms with Gasteiger partial charge in [-0.1, -0.05) is 6.07 Å². The van der Waals surface area contributed by atoms with E-state index in [1.807, 2.05) is 0 Å². The molecule has 0 aliphatic heterocycles. The Morgan fingerprint density at radius 2 is 2.21 bits per heavy atom. The number of hydrogen-bond acceptors (Lipinski definition) is 4. The maximum atomic E-state index is 12.2. The molecule has 6 nitrogen and oxygen atoms in total. The fourth-order valence-corrected chi connectivity index (χ4v) is 1.92. The minimum Gasteiger partial charge on any atom is -0.490 e. The molecule has 1 atom stereocenters. The number of benzene rings is 1. The van der Waals surface area contributed by atoms with E-state index >= 15 is 0 Å². The molecule has 0 saturated heterocycles. The fourth-order valence-electron chi connectivity index (χ4n) is 1.72. The van der Waals surface area contributed by atoms with Crippen molar-refractivity contribution in [3.63, 3.8) is 0 Å². The Labute approximate surface area is 116 Å². The predicted octanol–water partition coefficient (Wildman–Crippen LogP) is 2.30. The van der Waals surface area contributed by atoms with Gasteiger partial charge in [0.05, 0.1) is 17.6 Å². The highest BCUT2D eigenvalue weighted by Crippen LogP contribution is 2.31. The van der Waals surface area contributed by atoms with Gasteiger partial charge in [0.15, 0.2) is 0 Å². The van der Waals surface area contributed by atoms with Crippen molar-refractivity contribution in [1.29, 1.82) is 0 Å². The molecule has 1 aromatic rings. The van der Waals surface area contributed by atoms with Gasteiger partial charge < -0.3 is 9.64 Å². The number of carbonyl (C=O) groups is 1. The topological polar surface area (TPSA) is 72.7 Å². The third-order valence-electron chi connectivity index (χ3n) is 2.50. The van der Waals surface area contributed by atoms with Gasteiger partial charge in [0, 0.05) is 25.0 Å². The predicted molar refractivity (Wildman–Crippen MR) is 71.9 cm³/mol. The lowest BCUT2D eigenvalue weighted by Crippen LogP contribution is -2.31. The number of halogens is 1. The second-order valence-electron chi connectivity index (χ2n) is 4.08. The van der Waals surface area contributed by atoms with E-state index in [9.17, 15) is 14.9 Å². The van der Waals surface area contributed by atoms with Crippen LogP contribution in [0.25, 0.3) is 0 Å². The van der Waals surface area contributed by atoms with E-state index in [-0.39, 0.29) is 28.3 Å². The zero-order chi connectivity index (χ0) is 14.6. The summed E-state index contributed by atoms with van der Waals surface area (Å²) in [6.45, 7) is 2.10. The molecule has 0 aliphatic rings. The molecule has 1 unspecified atom stereocenters. The number of alkyl halides is 1. The number of nitro benzene ring substituents is 1. The van der Waals surface area contributed by atoms with Gasteiger partial charge in [0.1, 0.15) is 0 Å². The maximum Gasteiger partial charge on any atom is 0.311 e. The first-order valence-corrected chi connectivity index (χ1v) is 6.03. The first-order valence-electron chi connectivity index (χ1n) is 5.59. The Balaban J connectivity index is 3.16. The second kappa shape index (κ2) is 6.38. The standard InChI is InChI=1S/C12H15ClN2O4/c1-8(13)7-14(2)12(16)9-5-4-6-10(15(17)18)11(9)19-3/h4-6,8H,7H2,1-3H3. The van der Waals surface area contributed by atoms with Gasteiger partial charge in [0.25, 0.3) is 5.91 Å². The van der Waals surface area contributed by atoms with Gasteiger partial charge in [0.2, 0.25) is 5.75 Å². The van der Waals surface area contributed by atoms with Crippen LogP contribution in [0, 0.1) is 10.1 Å². The van der Waals surface area contributed by atoms with Crippen molar-refractivity contribution in [2.75, 3.05) is 20.7 Å². The Morgan fingerprint density at radius 1 is 1.58 bits per heavy atom. The Kier molecular flexibility index (Phi) is 5.11. The monoisotopic (exact) mass is 286 g/mol. The molecule has 0 bridgehead atoms. The highest BCUT2D eigenvalue weighted by atomic mass is 35.5. The maximum absolute atomic E-state index is 12.2. The molecule has 0 fully saturated rings. The molecule has 104 valence electrons. The van der Waals surface area contributed by atoms with Crippen LogP contribution in [0.15, 0.2) is 18.2 Å². The van der Waals surface area contributed by atoms with Crippen molar-refractivity contribution in [1.82, 2.24) is 4.90 Å². The first-order chi connectivity index (χ1) is 8.88. The summed E-state index contributed by atoms with van der Waals surface area (Å²) in [5, 5.41) is 10.7. The molecule has 0 N–H and O–H groups in total. The highest BCUT2D eigenvalue weighted by molar-refractivity contribution is 6.20. The average Bonchev–Trinajstić information content (AvgIpc) is 2.35. The van der Waals surface area contributed by atoms with Crippen LogP contribution in [0.2, 0.25) is 0 Å². The van der Waals surface area contributed by atoms with Crippen LogP contribution >= 0.6 is 11.6 Å². The molecule has 0 saturated carbocycles. The molecule has 1 amide bonds. The van der Waals surface area contributed by atoms with Gasteiger partial charge in [-0.2, -0.15) is 0 Å². The third kappa shape index (κ3) is 3.57. The van der Waals surface area contributed by atoms with Crippen molar-refractivity contribution >= 4 is 23.2 Å². The second-order valence-corrected chi connectivity index (χ2v) is 4.83. The van der Waals surface area contributed by atoms with Crippen LogP contribution in [0.1, 0.15) is 17.3 Å². The number of amides is 1. The van der Waals surface area contributed by atoms with E-state index in [1.54, 1.807) is 14.0 Å². The summed E-state index contributed by atoms with van der Waals surface area (Å²) in [7, 11) is 2.88. The molecule has 0 radical (unpaired) electrons. The molecule has 19 heavy (non-hydrogen) atoms. The van der Waals surface area contributed by atoms with Crippen LogP contribution in [0.3, 0.4) is 0 Å². The minimum atomic E-state index is -0.584. The highest BCUT2D eigenvalue weighted by Gasteiger charge is 2.24. The number of rotatable bonds is 5. The summed E-state index contributed by atoms with van der Waals surface area (Å²) < 4.78 is 4.99. The summed E-state index contributed by atoms with van der Waals surface area (Å²) in [5.74, 6) is -0.403. The van der Waals surface area contributed by atoms with E-state index in [2.05, 4.69) is 0 Å². The molecule has 1 aromatic carbocycles. The van der Waals surface area contributed by atoms with E-state index in [1.165, 1.54) is 30.2 Å². The van der Waals surface area contributed by atoms with Gasteiger partial charge in [-0.15, -0.1) is 11.6 Å². The van der Waals surface area contributed by atoms with E-state index in [4.69, 9.17) is 16.3 Å². The smallest absolute Gasteiger partial charge is 0.311 e. The largest absolute Gasteiger partial charge is 0.490 e. The zero-order valence-electron chi connectivity index (χ0n) is 10.9. The zero-order valence-corrected chi connectivity index (χ0v) is 11.7. The summed E-state index contributed by atoms with van der Waals surface area (Å²) in [5.41, 5.74) is -0.0859. The normalized spacial score (nSPS) is 11.8. The minimum absolute atomic E-state index is 0.0356. The molecular weight excluding hydrogens is 272 g/mol. The Hall–Kier alpha value is -1.82.